The first kappa shape index (κ1) is 22.8. The molecule has 1 aliphatic rings. The molecular weight excluding hydrogens is 412 g/mol. The number of para-hydroxylation sites is 1. The molecule has 1 fully saturated rings. The molecule has 0 N–H and O–H groups in total. The Balaban J connectivity index is 1.27. The van der Waals surface area contributed by atoms with Gasteiger partial charge in [-0.3, -0.25) is 4.79 Å². The van der Waals surface area contributed by atoms with Crippen LogP contribution < -0.4 is 9.64 Å². The van der Waals surface area contributed by atoms with Crippen molar-refractivity contribution < 1.29 is 9.53 Å². The lowest BCUT2D eigenvalue weighted by Crippen LogP contribution is -2.49. The smallest absolute Gasteiger partial charge is 0.222 e. The number of nitrogens with zero attached hydrogens (tertiary/aromatic N) is 4. The topological polar surface area (TPSA) is 58.6 Å². The number of carbonyl (C=O) groups is 1. The van der Waals surface area contributed by atoms with Gasteiger partial charge in [0.2, 0.25) is 5.91 Å². The summed E-state index contributed by atoms with van der Waals surface area (Å²) in [6.45, 7) is 9.55. The molecule has 6 nitrogen and oxygen atoms in total. The number of piperazine rings is 1. The van der Waals surface area contributed by atoms with Crippen molar-refractivity contribution in [2.45, 2.75) is 33.6 Å². The van der Waals surface area contributed by atoms with Crippen molar-refractivity contribution in [1.29, 1.82) is 0 Å². The Hall–Kier alpha value is -3.41. The van der Waals surface area contributed by atoms with E-state index in [0.29, 0.717) is 26.1 Å². The van der Waals surface area contributed by atoms with Gasteiger partial charge in [0.25, 0.3) is 0 Å². The first-order chi connectivity index (χ1) is 16.0. The first-order valence-electron chi connectivity index (χ1n) is 11.6. The molecule has 3 aromatic rings. The molecule has 1 aromatic heterocycles. The fourth-order valence-electron chi connectivity index (χ4n) is 4.24. The highest BCUT2D eigenvalue weighted by Gasteiger charge is 2.22. The molecule has 1 aliphatic heterocycles. The Bertz CT molecular complexity index is 1070. The fourth-order valence-corrected chi connectivity index (χ4v) is 4.24. The maximum atomic E-state index is 12.7. The summed E-state index contributed by atoms with van der Waals surface area (Å²) in [4.78, 5) is 26.2. The van der Waals surface area contributed by atoms with Crippen LogP contribution >= 0.6 is 0 Å². The number of ether oxygens (including phenoxy) is 1. The molecule has 6 heteroatoms. The highest BCUT2D eigenvalue weighted by atomic mass is 16.5. The van der Waals surface area contributed by atoms with Crippen molar-refractivity contribution >= 4 is 11.7 Å². The van der Waals surface area contributed by atoms with E-state index in [9.17, 15) is 4.79 Å². The molecule has 0 unspecified atom stereocenters. The molecule has 0 spiro atoms. The minimum absolute atomic E-state index is 0.198. The third-order valence-corrected chi connectivity index (χ3v) is 6.04. The van der Waals surface area contributed by atoms with Crippen LogP contribution in [0.3, 0.4) is 0 Å². The van der Waals surface area contributed by atoms with E-state index in [2.05, 4.69) is 53.0 Å². The zero-order valence-corrected chi connectivity index (χ0v) is 19.8. The first-order valence-corrected chi connectivity index (χ1v) is 11.6. The van der Waals surface area contributed by atoms with Gasteiger partial charge in [-0.25, -0.2) is 9.97 Å². The van der Waals surface area contributed by atoms with Crippen LogP contribution in [-0.2, 0) is 4.79 Å². The van der Waals surface area contributed by atoms with E-state index in [1.165, 1.54) is 0 Å². The van der Waals surface area contributed by atoms with Gasteiger partial charge in [0.1, 0.15) is 17.4 Å². The van der Waals surface area contributed by atoms with Crippen LogP contribution in [0.4, 0.5) is 5.82 Å². The molecule has 0 radical (unpaired) electrons. The summed E-state index contributed by atoms with van der Waals surface area (Å²) in [6.07, 6.45) is 1.23. The molecular formula is C27H32N4O2. The highest BCUT2D eigenvalue weighted by molar-refractivity contribution is 5.76. The Morgan fingerprint density at radius 2 is 1.61 bits per heavy atom. The molecule has 33 heavy (non-hydrogen) atoms. The molecule has 1 amide bonds. The normalized spacial score (nSPS) is 13.8. The van der Waals surface area contributed by atoms with E-state index in [-0.39, 0.29) is 5.91 Å². The van der Waals surface area contributed by atoms with Crippen LogP contribution in [0.1, 0.15) is 29.8 Å². The largest absolute Gasteiger partial charge is 0.493 e. The second-order valence-electron chi connectivity index (χ2n) is 8.57. The van der Waals surface area contributed by atoms with Gasteiger partial charge in [-0.05, 0) is 38.3 Å². The lowest BCUT2D eigenvalue weighted by Gasteiger charge is -2.35. The Morgan fingerprint density at radius 3 is 2.30 bits per heavy atom. The average Bonchev–Trinajstić information content (AvgIpc) is 2.83. The van der Waals surface area contributed by atoms with E-state index in [1.807, 2.05) is 42.2 Å². The maximum Gasteiger partial charge on any atom is 0.222 e. The summed E-state index contributed by atoms with van der Waals surface area (Å²) in [5.74, 6) is 2.82. The Kier molecular flexibility index (Phi) is 7.23. The fraction of sp³-hybridized carbons (Fsp3) is 0.370. The monoisotopic (exact) mass is 444 g/mol. The number of rotatable bonds is 7. The molecule has 0 atom stereocenters. The molecule has 2 heterocycles. The van der Waals surface area contributed by atoms with E-state index in [0.717, 1.165) is 59.3 Å². The van der Waals surface area contributed by atoms with Crippen LogP contribution in [0.15, 0.2) is 54.6 Å². The zero-order valence-electron chi connectivity index (χ0n) is 19.8. The van der Waals surface area contributed by atoms with Gasteiger partial charge in [0.05, 0.1) is 12.3 Å². The SMILES string of the molecule is Cc1nc(-c2ccccc2)cc(N2CCN(C(=O)CCCOc3c(C)cccc3C)CC2)n1. The standard InChI is InChI=1S/C27H32N4O2/c1-20-9-7-10-21(2)27(20)33-18-8-13-26(32)31-16-14-30(15-17-31)25-19-24(28-22(3)29-25)23-11-5-4-6-12-23/h4-7,9-12,19H,8,13-18H2,1-3H3. The second kappa shape index (κ2) is 10.5. The zero-order chi connectivity index (χ0) is 23.2. The number of anilines is 1. The van der Waals surface area contributed by atoms with E-state index in [4.69, 9.17) is 4.74 Å². The van der Waals surface area contributed by atoms with E-state index >= 15 is 0 Å². The molecule has 1 saturated heterocycles. The molecule has 2 aromatic carbocycles. The molecule has 0 bridgehead atoms. The minimum atomic E-state index is 0.198. The highest BCUT2D eigenvalue weighted by Crippen LogP contribution is 2.24. The maximum absolute atomic E-state index is 12.7. The van der Waals surface area contributed by atoms with Crippen LogP contribution in [0.2, 0.25) is 0 Å². The predicted octanol–water partition coefficient (Wildman–Crippen LogP) is 4.58. The summed E-state index contributed by atoms with van der Waals surface area (Å²) >= 11 is 0. The van der Waals surface area contributed by atoms with Crippen molar-refractivity contribution in [2.75, 3.05) is 37.7 Å². The van der Waals surface area contributed by atoms with Crippen molar-refractivity contribution in [3.05, 3.63) is 71.5 Å². The van der Waals surface area contributed by atoms with Crippen LogP contribution in [0.5, 0.6) is 5.75 Å². The Morgan fingerprint density at radius 1 is 0.909 bits per heavy atom. The lowest BCUT2D eigenvalue weighted by atomic mass is 10.1. The third-order valence-electron chi connectivity index (χ3n) is 6.04. The van der Waals surface area contributed by atoms with Crippen LogP contribution in [-0.4, -0.2) is 53.6 Å². The number of carbonyl (C=O) groups excluding carboxylic acids is 1. The van der Waals surface area contributed by atoms with Gasteiger partial charge in [-0.15, -0.1) is 0 Å². The molecule has 0 aliphatic carbocycles. The van der Waals surface area contributed by atoms with Gasteiger partial charge in [0.15, 0.2) is 0 Å². The summed E-state index contributed by atoms with van der Waals surface area (Å²) in [7, 11) is 0. The second-order valence-corrected chi connectivity index (χ2v) is 8.57. The minimum Gasteiger partial charge on any atom is -0.493 e. The summed E-state index contributed by atoms with van der Waals surface area (Å²) in [6, 6.07) is 18.3. The Labute approximate surface area is 196 Å². The number of hydrogen-bond acceptors (Lipinski definition) is 5. The van der Waals surface area contributed by atoms with Crippen molar-refractivity contribution in [1.82, 2.24) is 14.9 Å². The number of aryl methyl sites for hydroxylation is 3. The number of benzene rings is 2. The third kappa shape index (κ3) is 5.69. The number of hydrogen-bond donors (Lipinski definition) is 0. The molecule has 172 valence electrons. The van der Waals surface area contributed by atoms with Gasteiger partial charge >= 0.3 is 0 Å². The quantitative estimate of drug-likeness (QED) is 0.500. The number of aromatic nitrogens is 2. The average molecular weight is 445 g/mol. The van der Waals surface area contributed by atoms with Gasteiger partial charge in [0, 0.05) is 44.2 Å². The van der Waals surface area contributed by atoms with Gasteiger partial charge < -0.3 is 14.5 Å². The lowest BCUT2D eigenvalue weighted by molar-refractivity contribution is -0.131. The summed E-state index contributed by atoms with van der Waals surface area (Å²) in [5, 5.41) is 0. The van der Waals surface area contributed by atoms with Gasteiger partial charge in [-0.1, -0.05) is 48.5 Å². The summed E-state index contributed by atoms with van der Waals surface area (Å²) < 4.78 is 5.95. The van der Waals surface area contributed by atoms with E-state index < -0.39 is 0 Å². The number of amides is 1. The van der Waals surface area contributed by atoms with Crippen LogP contribution in [0.25, 0.3) is 11.3 Å². The van der Waals surface area contributed by atoms with Crippen molar-refractivity contribution in [2.24, 2.45) is 0 Å². The summed E-state index contributed by atoms with van der Waals surface area (Å²) in [5.41, 5.74) is 4.28. The predicted molar refractivity (Wildman–Crippen MR) is 132 cm³/mol. The van der Waals surface area contributed by atoms with Crippen LogP contribution in [0, 0.1) is 20.8 Å². The van der Waals surface area contributed by atoms with Crippen molar-refractivity contribution in [3.63, 3.8) is 0 Å². The molecule has 0 saturated carbocycles. The molecule has 4 rings (SSSR count). The van der Waals surface area contributed by atoms with Crippen molar-refractivity contribution in [3.8, 4) is 17.0 Å². The van der Waals surface area contributed by atoms with Gasteiger partial charge in [-0.2, -0.15) is 0 Å². The van der Waals surface area contributed by atoms with E-state index in [1.54, 1.807) is 0 Å².